The summed E-state index contributed by atoms with van der Waals surface area (Å²) in [4.78, 5) is 0. The van der Waals surface area contributed by atoms with Crippen LogP contribution >= 0.6 is 0 Å². The van der Waals surface area contributed by atoms with E-state index in [1.165, 1.54) is 76.2 Å². The van der Waals surface area contributed by atoms with Crippen LogP contribution < -0.4 is 0 Å². The van der Waals surface area contributed by atoms with Crippen LogP contribution in [-0.4, -0.2) is 0 Å². The van der Waals surface area contributed by atoms with Crippen molar-refractivity contribution in [1.82, 2.24) is 0 Å². The van der Waals surface area contributed by atoms with Gasteiger partial charge in [0.1, 0.15) is 0 Å². The van der Waals surface area contributed by atoms with E-state index in [1.807, 2.05) is 18.2 Å². The van der Waals surface area contributed by atoms with Gasteiger partial charge in [0, 0.05) is 11.5 Å². The van der Waals surface area contributed by atoms with E-state index in [1.54, 1.807) is 0 Å². The van der Waals surface area contributed by atoms with Gasteiger partial charge in [-0.3, -0.25) is 0 Å². The van der Waals surface area contributed by atoms with Crippen LogP contribution in [-0.2, 0) is 6.42 Å². The van der Waals surface area contributed by atoms with E-state index >= 15 is 0 Å². The Morgan fingerprint density at radius 1 is 0.917 bits per heavy atom. The lowest BCUT2D eigenvalue weighted by molar-refractivity contribution is 0.249. The molecule has 0 heterocycles. The van der Waals surface area contributed by atoms with Crippen LogP contribution in [0.3, 0.4) is 0 Å². The lowest BCUT2D eigenvalue weighted by Gasteiger charge is -2.28. The molecule has 1 aliphatic carbocycles. The summed E-state index contributed by atoms with van der Waals surface area (Å²) in [6, 6.07) is 10.3. The summed E-state index contributed by atoms with van der Waals surface area (Å²) < 4.78 is 0. The average Bonchev–Trinajstić information content (AvgIpc) is 2.64. The van der Waals surface area contributed by atoms with E-state index in [4.69, 9.17) is 5.26 Å². The van der Waals surface area contributed by atoms with Crippen LogP contribution in [0.2, 0.25) is 0 Å². The summed E-state index contributed by atoms with van der Waals surface area (Å²) in [7, 11) is 0. The third-order valence-electron chi connectivity index (χ3n) is 5.49. The molecule has 0 aliphatic heterocycles. The fraction of sp³-hybridized carbons (Fsp3) is 0.609. The number of rotatable bonds is 8. The first-order valence-electron chi connectivity index (χ1n) is 9.81. The highest BCUT2D eigenvalue weighted by atomic mass is 14.3. The topological polar surface area (TPSA) is 23.8 Å². The van der Waals surface area contributed by atoms with Gasteiger partial charge in [-0.25, -0.2) is 0 Å². The van der Waals surface area contributed by atoms with Gasteiger partial charge in [-0.2, -0.15) is 5.26 Å². The summed E-state index contributed by atoms with van der Waals surface area (Å²) in [6.07, 6.45) is 15.4. The maximum atomic E-state index is 8.48. The molecule has 1 fully saturated rings. The second-order valence-corrected chi connectivity index (χ2v) is 7.33. The molecule has 0 atom stereocenters. The molecule has 1 saturated carbocycles. The van der Waals surface area contributed by atoms with Crippen LogP contribution in [0.5, 0.6) is 0 Å². The number of benzene rings is 1. The zero-order valence-electron chi connectivity index (χ0n) is 15.2. The van der Waals surface area contributed by atoms with E-state index in [-0.39, 0.29) is 0 Å². The Hall–Kier alpha value is -1.73. The summed E-state index contributed by atoms with van der Waals surface area (Å²) in [6.45, 7) is 2.29. The first kappa shape index (κ1) is 18.6. The standard InChI is InChI=1S/C23H31N/c1-2-3-4-5-7-20-9-13-22(14-10-20)17-18-23-15-11-21(12-16-23)8-6-19-24/h11-12,15-16,20,22H,2-5,7,9-10,13-14,17-18H2,1H3. The van der Waals surface area contributed by atoms with Crippen molar-refractivity contribution in [3.8, 4) is 17.9 Å². The largest absolute Gasteiger partial charge is 0.183 e. The Morgan fingerprint density at radius 3 is 2.21 bits per heavy atom. The van der Waals surface area contributed by atoms with Crippen molar-refractivity contribution in [2.45, 2.75) is 77.6 Å². The van der Waals surface area contributed by atoms with Crippen molar-refractivity contribution in [2.75, 3.05) is 0 Å². The summed E-state index contributed by atoms with van der Waals surface area (Å²) in [5, 5.41) is 8.48. The summed E-state index contributed by atoms with van der Waals surface area (Å²) in [5.41, 5.74) is 2.34. The van der Waals surface area contributed by atoms with Gasteiger partial charge >= 0.3 is 0 Å². The molecule has 24 heavy (non-hydrogen) atoms. The highest BCUT2D eigenvalue weighted by molar-refractivity contribution is 5.39. The van der Waals surface area contributed by atoms with Gasteiger partial charge in [0.25, 0.3) is 0 Å². The second-order valence-electron chi connectivity index (χ2n) is 7.33. The maximum absolute atomic E-state index is 8.48. The van der Waals surface area contributed by atoms with Crippen LogP contribution in [0, 0.1) is 35.0 Å². The van der Waals surface area contributed by atoms with Crippen LogP contribution in [0.1, 0.15) is 82.3 Å². The zero-order valence-corrected chi connectivity index (χ0v) is 15.2. The van der Waals surface area contributed by atoms with Gasteiger partial charge in [0.15, 0.2) is 6.07 Å². The number of hydrogen-bond donors (Lipinski definition) is 0. The molecule has 0 radical (unpaired) electrons. The van der Waals surface area contributed by atoms with E-state index in [0.717, 1.165) is 17.4 Å². The first-order chi connectivity index (χ1) is 11.8. The molecule has 1 aromatic rings. The number of nitrogens with zero attached hydrogens (tertiary/aromatic N) is 1. The van der Waals surface area contributed by atoms with Crippen LogP contribution in [0.25, 0.3) is 0 Å². The van der Waals surface area contributed by atoms with E-state index in [0.29, 0.717) is 0 Å². The molecule has 0 saturated heterocycles. The minimum absolute atomic E-state index is 0.926. The minimum atomic E-state index is 0.926. The number of aryl methyl sites for hydroxylation is 1. The third kappa shape index (κ3) is 6.80. The van der Waals surface area contributed by atoms with Crippen molar-refractivity contribution in [2.24, 2.45) is 11.8 Å². The predicted molar refractivity (Wildman–Crippen MR) is 101 cm³/mol. The Morgan fingerprint density at radius 2 is 1.58 bits per heavy atom. The third-order valence-corrected chi connectivity index (χ3v) is 5.49. The molecule has 0 unspecified atom stereocenters. The highest BCUT2D eigenvalue weighted by Crippen LogP contribution is 2.34. The Bertz CT molecular complexity index is 559. The molecule has 1 aliphatic rings. The predicted octanol–water partition coefficient (Wildman–Crippen LogP) is 6.27. The van der Waals surface area contributed by atoms with Crippen LogP contribution in [0.15, 0.2) is 24.3 Å². The Kier molecular flexibility index (Phi) is 8.48. The van der Waals surface area contributed by atoms with Gasteiger partial charge in [0.2, 0.25) is 0 Å². The average molecular weight is 322 g/mol. The fourth-order valence-corrected chi connectivity index (χ4v) is 3.89. The van der Waals surface area contributed by atoms with Crippen molar-refractivity contribution in [1.29, 1.82) is 5.26 Å². The molecule has 128 valence electrons. The first-order valence-corrected chi connectivity index (χ1v) is 9.81. The molecule has 0 amide bonds. The fourth-order valence-electron chi connectivity index (χ4n) is 3.89. The molecule has 1 aromatic carbocycles. The normalized spacial score (nSPS) is 20.0. The van der Waals surface area contributed by atoms with E-state index < -0.39 is 0 Å². The van der Waals surface area contributed by atoms with Crippen molar-refractivity contribution in [3.63, 3.8) is 0 Å². The molecule has 1 heteroatoms. The molecular weight excluding hydrogens is 290 g/mol. The molecule has 0 spiro atoms. The highest BCUT2D eigenvalue weighted by Gasteiger charge is 2.20. The maximum Gasteiger partial charge on any atom is 0.152 e. The zero-order chi connectivity index (χ0) is 17.0. The van der Waals surface area contributed by atoms with E-state index in [9.17, 15) is 0 Å². The molecule has 2 rings (SSSR count). The second kappa shape index (κ2) is 10.9. The monoisotopic (exact) mass is 321 g/mol. The quantitative estimate of drug-likeness (QED) is 0.409. The van der Waals surface area contributed by atoms with Crippen molar-refractivity contribution >= 4 is 0 Å². The molecule has 0 aromatic heterocycles. The van der Waals surface area contributed by atoms with Crippen molar-refractivity contribution in [3.05, 3.63) is 35.4 Å². The van der Waals surface area contributed by atoms with Gasteiger partial charge in [-0.05, 0) is 42.4 Å². The Labute approximate surface area is 148 Å². The lowest BCUT2D eigenvalue weighted by atomic mass is 9.77. The lowest BCUT2D eigenvalue weighted by Crippen LogP contribution is -2.15. The summed E-state index contributed by atoms with van der Waals surface area (Å²) in [5.74, 6) is 7.23. The molecular formula is C23H31N. The Balaban J connectivity index is 1.64. The SMILES string of the molecule is CCCCCCC1CCC(CCc2ccc(C#CC#N)cc2)CC1. The number of nitriles is 1. The van der Waals surface area contributed by atoms with Gasteiger partial charge in [-0.15, -0.1) is 0 Å². The summed E-state index contributed by atoms with van der Waals surface area (Å²) >= 11 is 0. The van der Waals surface area contributed by atoms with Crippen molar-refractivity contribution < 1.29 is 0 Å². The molecule has 0 bridgehead atoms. The van der Waals surface area contributed by atoms with Gasteiger partial charge in [-0.1, -0.05) is 82.8 Å². The van der Waals surface area contributed by atoms with Gasteiger partial charge in [0.05, 0.1) is 0 Å². The smallest absolute Gasteiger partial charge is 0.152 e. The molecule has 0 N–H and O–H groups in total. The minimum Gasteiger partial charge on any atom is -0.183 e. The molecule has 1 nitrogen and oxygen atoms in total. The van der Waals surface area contributed by atoms with Gasteiger partial charge < -0.3 is 0 Å². The van der Waals surface area contributed by atoms with E-state index in [2.05, 4.69) is 30.9 Å². The number of hydrogen-bond acceptors (Lipinski definition) is 1. The number of unbranched alkanes of at least 4 members (excludes halogenated alkanes) is 3. The van der Waals surface area contributed by atoms with Crippen LogP contribution in [0.4, 0.5) is 0 Å².